The minimum Gasteiger partial charge on any atom is -0.0668 e. The molecule has 0 radical (unpaired) electrons. The largest absolute Gasteiger partial charge is 0.0668 e. The third-order valence-corrected chi connectivity index (χ3v) is 5.03. The van der Waals surface area contributed by atoms with Crippen molar-refractivity contribution in [1.29, 1.82) is 0 Å². The van der Waals surface area contributed by atoms with Crippen LogP contribution in [0.4, 0.5) is 0 Å². The highest BCUT2D eigenvalue weighted by molar-refractivity contribution is 5.64. The van der Waals surface area contributed by atoms with Gasteiger partial charge in [0.2, 0.25) is 0 Å². The second-order valence-electron chi connectivity index (χ2n) is 6.14. The maximum absolute atomic E-state index is 2.55. The van der Waals surface area contributed by atoms with Crippen molar-refractivity contribution in [3.8, 4) is 0 Å². The first-order valence-electron chi connectivity index (χ1n) is 7.40. The van der Waals surface area contributed by atoms with E-state index < -0.39 is 0 Å². The van der Waals surface area contributed by atoms with Crippen molar-refractivity contribution in [2.75, 3.05) is 0 Å². The average molecular weight is 236 g/mol. The standard InChI is InChI=1S/C18H20/c1-2-6-14-10-18-12-16-8-4-3-7-15(16)11-17(18)9-13(14)5-1/h1-2,5-6,9,11,16,18H,3-4,7-8,10,12H2. The molecule has 1 aromatic carbocycles. The van der Waals surface area contributed by atoms with Crippen LogP contribution in [0.25, 0.3) is 6.08 Å². The van der Waals surface area contributed by atoms with Crippen LogP contribution >= 0.6 is 0 Å². The van der Waals surface area contributed by atoms with Crippen molar-refractivity contribution in [3.63, 3.8) is 0 Å². The fourth-order valence-corrected chi connectivity index (χ4v) is 4.05. The smallest absolute Gasteiger partial charge is 0.0115 e. The molecule has 0 N–H and O–H groups in total. The number of benzene rings is 1. The van der Waals surface area contributed by atoms with Crippen LogP contribution in [0.1, 0.15) is 43.2 Å². The van der Waals surface area contributed by atoms with Crippen LogP contribution < -0.4 is 0 Å². The van der Waals surface area contributed by atoms with Crippen LogP contribution in [0, 0.1) is 11.8 Å². The predicted octanol–water partition coefficient (Wildman–Crippen LogP) is 4.76. The molecule has 0 nitrogen and oxygen atoms in total. The van der Waals surface area contributed by atoms with Gasteiger partial charge in [0.05, 0.1) is 0 Å². The molecular weight excluding hydrogens is 216 g/mol. The molecule has 0 bridgehead atoms. The van der Waals surface area contributed by atoms with E-state index in [0.29, 0.717) is 0 Å². The van der Waals surface area contributed by atoms with Crippen molar-refractivity contribution < 1.29 is 0 Å². The SMILES string of the molecule is C1=C2C=C3CCCCC3CC2Cc2ccccc21. The average Bonchev–Trinajstić information content (AvgIpc) is 2.42. The Kier molecular flexibility index (Phi) is 2.43. The minimum absolute atomic E-state index is 0.798. The minimum atomic E-state index is 0.798. The maximum Gasteiger partial charge on any atom is -0.0115 e. The second kappa shape index (κ2) is 4.12. The molecule has 4 rings (SSSR count). The van der Waals surface area contributed by atoms with E-state index >= 15 is 0 Å². The van der Waals surface area contributed by atoms with Gasteiger partial charge in [-0.1, -0.05) is 48.4 Å². The molecule has 0 saturated heterocycles. The summed E-state index contributed by atoms with van der Waals surface area (Å²) in [5, 5.41) is 0. The van der Waals surface area contributed by atoms with Crippen molar-refractivity contribution in [3.05, 3.63) is 52.6 Å². The summed E-state index contributed by atoms with van der Waals surface area (Å²) < 4.78 is 0. The first-order chi connectivity index (χ1) is 8.90. The van der Waals surface area contributed by atoms with Crippen LogP contribution in [0.5, 0.6) is 0 Å². The summed E-state index contributed by atoms with van der Waals surface area (Å²) in [7, 11) is 0. The summed E-state index contributed by atoms with van der Waals surface area (Å²) in [4.78, 5) is 0. The number of fused-ring (bicyclic) bond motifs is 3. The van der Waals surface area contributed by atoms with Crippen LogP contribution in [0.2, 0.25) is 0 Å². The van der Waals surface area contributed by atoms with E-state index in [1.54, 1.807) is 16.7 Å². The number of hydrogen-bond acceptors (Lipinski definition) is 0. The van der Waals surface area contributed by atoms with E-state index in [4.69, 9.17) is 0 Å². The van der Waals surface area contributed by atoms with Gasteiger partial charge in [0.1, 0.15) is 0 Å². The van der Waals surface area contributed by atoms with Gasteiger partial charge in [0.25, 0.3) is 0 Å². The Balaban J connectivity index is 1.76. The van der Waals surface area contributed by atoms with Crippen molar-refractivity contribution in [2.24, 2.45) is 11.8 Å². The van der Waals surface area contributed by atoms with E-state index in [1.807, 2.05) is 0 Å². The van der Waals surface area contributed by atoms with Gasteiger partial charge in [0.15, 0.2) is 0 Å². The highest BCUT2D eigenvalue weighted by Crippen LogP contribution is 2.44. The molecule has 1 saturated carbocycles. The van der Waals surface area contributed by atoms with Crippen LogP contribution in [0.15, 0.2) is 41.5 Å². The van der Waals surface area contributed by atoms with Crippen molar-refractivity contribution in [2.45, 2.75) is 38.5 Å². The summed E-state index contributed by atoms with van der Waals surface area (Å²) in [6, 6.07) is 8.92. The lowest BCUT2D eigenvalue weighted by Gasteiger charge is -2.37. The summed E-state index contributed by atoms with van der Waals surface area (Å²) in [5.41, 5.74) is 6.37. The van der Waals surface area contributed by atoms with Crippen LogP contribution in [-0.2, 0) is 6.42 Å². The van der Waals surface area contributed by atoms with Crippen molar-refractivity contribution in [1.82, 2.24) is 0 Å². The third-order valence-electron chi connectivity index (χ3n) is 5.03. The molecule has 0 aliphatic heterocycles. The quantitative estimate of drug-likeness (QED) is 0.609. The summed E-state index contributed by atoms with van der Waals surface area (Å²) >= 11 is 0. The molecule has 0 spiro atoms. The molecule has 92 valence electrons. The molecule has 0 heteroatoms. The van der Waals surface area contributed by atoms with Gasteiger partial charge in [-0.3, -0.25) is 0 Å². The third kappa shape index (κ3) is 1.67. The normalized spacial score (nSPS) is 29.6. The molecular formula is C18H20. The zero-order valence-electron chi connectivity index (χ0n) is 10.9. The Morgan fingerprint density at radius 1 is 0.944 bits per heavy atom. The van der Waals surface area contributed by atoms with Gasteiger partial charge in [-0.05, 0) is 60.6 Å². The Bertz CT molecular complexity index is 533. The number of rotatable bonds is 0. The first-order valence-corrected chi connectivity index (χ1v) is 7.40. The lowest BCUT2D eigenvalue weighted by molar-refractivity contribution is 0.361. The van der Waals surface area contributed by atoms with E-state index in [-0.39, 0.29) is 0 Å². The summed E-state index contributed by atoms with van der Waals surface area (Å²) in [6.45, 7) is 0. The molecule has 2 atom stereocenters. The topological polar surface area (TPSA) is 0 Å². The molecule has 18 heavy (non-hydrogen) atoms. The zero-order valence-corrected chi connectivity index (χ0v) is 10.9. The van der Waals surface area contributed by atoms with Gasteiger partial charge in [-0.25, -0.2) is 0 Å². The molecule has 0 amide bonds. The Labute approximate surface area is 109 Å². The van der Waals surface area contributed by atoms with Gasteiger partial charge in [-0.15, -0.1) is 0 Å². The van der Waals surface area contributed by atoms with Gasteiger partial charge < -0.3 is 0 Å². The molecule has 0 heterocycles. The lowest BCUT2D eigenvalue weighted by Crippen LogP contribution is -2.24. The Morgan fingerprint density at radius 3 is 2.89 bits per heavy atom. The number of hydrogen-bond donors (Lipinski definition) is 0. The predicted molar refractivity (Wildman–Crippen MR) is 76.3 cm³/mol. The monoisotopic (exact) mass is 236 g/mol. The molecule has 0 aromatic heterocycles. The Hall–Kier alpha value is -1.30. The Morgan fingerprint density at radius 2 is 1.89 bits per heavy atom. The fraction of sp³-hybridized carbons (Fsp3) is 0.444. The number of allylic oxidation sites excluding steroid dienone is 3. The fourth-order valence-electron chi connectivity index (χ4n) is 4.05. The molecule has 1 aromatic rings. The molecule has 2 unspecified atom stereocenters. The van der Waals surface area contributed by atoms with Gasteiger partial charge in [-0.2, -0.15) is 0 Å². The van der Waals surface area contributed by atoms with Crippen molar-refractivity contribution >= 4 is 6.08 Å². The molecule has 1 fully saturated rings. The second-order valence-corrected chi connectivity index (χ2v) is 6.14. The van der Waals surface area contributed by atoms with Crippen LogP contribution in [-0.4, -0.2) is 0 Å². The highest BCUT2D eigenvalue weighted by Gasteiger charge is 2.30. The van der Waals surface area contributed by atoms with E-state index in [9.17, 15) is 0 Å². The van der Waals surface area contributed by atoms with E-state index in [0.717, 1.165) is 11.8 Å². The van der Waals surface area contributed by atoms with Crippen LogP contribution in [0.3, 0.4) is 0 Å². The lowest BCUT2D eigenvalue weighted by atomic mass is 9.68. The summed E-state index contributed by atoms with van der Waals surface area (Å²) in [6.07, 6.45) is 13.3. The summed E-state index contributed by atoms with van der Waals surface area (Å²) in [5.74, 6) is 1.71. The molecule has 3 aliphatic rings. The first kappa shape index (κ1) is 10.6. The highest BCUT2D eigenvalue weighted by atomic mass is 14.4. The van der Waals surface area contributed by atoms with E-state index in [2.05, 4.69) is 36.4 Å². The zero-order chi connectivity index (χ0) is 11.9. The van der Waals surface area contributed by atoms with E-state index in [1.165, 1.54) is 44.1 Å². The molecule has 3 aliphatic carbocycles. The maximum atomic E-state index is 2.55. The van der Waals surface area contributed by atoms with Gasteiger partial charge >= 0.3 is 0 Å². The van der Waals surface area contributed by atoms with Gasteiger partial charge in [0, 0.05) is 0 Å².